The van der Waals surface area contributed by atoms with Crippen LogP contribution in [0, 0.1) is 0 Å². The molecule has 0 bridgehead atoms. The van der Waals surface area contributed by atoms with Crippen LogP contribution in [0.3, 0.4) is 0 Å². The molecular weight excluding hydrogens is 350 g/mol. The molecule has 2 atom stereocenters. The molecule has 2 aromatic carbocycles. The van der Waals surface area contributed by atoms with E-state index in [1.807, 2.05) is 49.4 Å². The Bertz CT molecular complexity index is 908. The SMILES string of the molecule is COc1ccc2nc(C(C)Oc3ccc(CC(S)C(N)=O)cc3)[nH]c2c1. The summed E-state index contributed by atoms with van der Waals surface area (Å²) in [6.07, 6.45) is 0.238. The molecule has 136 valence electrons. The van der Waals surface area contributed by atoms with Crippen LogP contribution in [0.25, 0.3) is 11.0 Å². The van der Waals surface area contributed by atoms with E-state index in [2.05, 4.69) is 22.6 Å². The number of primary amides is 1. The Kier molecular flexibility index (Phi) is 5.37. The zero-order valence-electron chi connectivity index (χ0n) is 14.6. The van der Waals surface area contributed by atoms with Gasteiger partial charge in [-0.2, -0.15) is 12.6 Å². The summed E-state index contributed by atoms with van der Waals surface area (Å²) in [5.74, 6) is 1.80. The summed E-state index contributed by atoms with van der Waals surface area (Å²) in [5.41, 5.74) is 7.97. The lowest BCUT2D eigenvalue weighted by Crippen LogP contribution is -2.25. The van der Waals surface area contributed by atoms with Crippen LogP contribution in [0.1, 0.15) is 24.4 Å². The Morgan fingerprint density at radius 1 is 1.23 bits per heavy atom. The van der Waals surface area contributed by atoms with Crippen molar-refractivity contribution in [3.05, 3.63) is 53.9 Å². The van der Waals surface area contributed by atoms with Crippen molar-refractivity contribution < 1.29 is 14.3 Å². The van der Waals surface area contributed by atoms with E-state index < -0.39 is 11.2 Å². The van der Waals surface area contributed by atoms with Crippen molar-refractivity contribution in [2.24, 2.45) is 5.73 Å². The molecule has 2 unspecified atom stereocenters. The molecular formula is C19H21N3O3S. The smallest absolute Gasteiger partial charge is 0.230 e. The molecule has 26 heavy (non-hydrogen) atoms. The maximum absolute atomic E-state index is 11.1. The molecule has 0 aliphatic rings. The van der Waals surface area contributed by atoms with Crippen molar-refractivity contribution >= 4 is 29.6 Å². The van der Waals surface area contributed by atoms with Gasteiger partial charge in [-0.3, -0.25) is 4.79 Å². The normalized spacial score (nSPS) is 13.3. The number of thiol groups is 1. The fraction of sp³-hybridized carbons (Fsp3) is 0.263. The molecule has 1 amide bonds. The van der Waals surface area contributed by atoms with Crippen molar-refractivity contribution in [3.8, 4) is 11.5 Å². The van der Waals surface area contributed by atoms with Gasteiger partial charge < -0.3 is 20.2 Å². The van der Waals surface area contributed by atoms with Crippen LogP contribution in [-0.4, -0.2) is 28.2 Å². The Hall–Kier alpha value is -2.67. The molecule has 3 N–H and O–H groups in total. The number of carbonyl (C=O) groups is 1. The van der Waals surface area contributed by atoms with Crippen LogP contribution in [0.5, 0.6) is 11.5 Å². The number of nitrogens with one attached hydrogen (secondary N) is 1. The van der Waals surface area contributed by atoms with E-state index in [0.717, 1.165) is 28.2 Å². The van der Waals surface area contributed by atoms with E-state index >= 15 is 0 Å². The number of benzene rings is 2. The average molecular weight is 371 g/mol. The number of methoxy groups -OCH3 is 1. The quantitative estimate of drug-likeness (QED) is 0.557. The van der Waals surface area contributed by atoms with Crippen molar-refractivity contribution in [3.63, 3.8) is 0 Å². The first-order valence-electron chi connectivity index (χ1n) is 8.23. The summed E-state index contributed by atoms with van der Waals surface area (Å²) in [6.45, 7) is 1.93. The largest absolute Gasteiger partial charge is 0.497 e. The summed E-state index contributed by atoms with van der Waals surface area (Å²) in [7, 11) is 1.63. The Morgan fingerprint density at radius 3 is 2.58 bits per heavy atom. The van der Waals surface area contributed by atoms with E-state index in [9.17, 15) is 4.79 Å². The van der Waals surface area contributed by atoms with Crippen LogP contribution < -0.4 is 15.2 Å². The summed E-state index contributed by atoms with van der Waals surface area (Å²) in [4.78, 5) is 18.9. The molecule has 0 fully saturated rings. The first-order chi connectivity index (χ1) is 12.5. The predicted octanol–water partition coefficient (Wildman–Crippen LogP) is 3.04. The van der Waals surface area contributed by atoms with Gasteiger partial charge in [-0.05, 0) is 43.2 Å². The van der Waals surface area contributed by atoms with Gasteiger partial charge in [0, 0.05) is 6.07 Å². The third kappa shape index (κ3) is 4.11. The monoisotopic (exact) mass is 371 g/mol. The fourth-order valence-electron chi connectivity index (χ4n) is 2.62. The van der Waals surface area contributed by atoms with Gasteiger partial charge in [0.15, 0.2) is 6.10 Å². The van der Waals surface area contributed by atoms with Crippen molar-refractivity contribution in [2.45, 2.75) is 24.7 Å². The first-order valence-corrected chi connectivity index (χ1v) is 8.74. The zero-order valence-corrected chi connectivity index (χ0v) is 15.5. The number of aromatic nitrogens is 2. The van der Waals surface area contributed by atoms with E-state index in [1.54, 1.807) is 7.11 Å². The molecule has 7 heteroatoms. The molecule has 1 heterocycles. The number of fused-ring (bicyclic) bond motifs is 1. The average Bonchev–Trinajstić information content (AvgIpc) is 3.06. The minimum absolute atomic E-state index is 0.248. The predicted molar refractivity (Wildman–Crippen MR) is 104 cm³/mol. The van der Waals surface area contributed by atoms with Gasteiger partial charge in [0.05, 0.1) is 23.4 Å². The number of rotatable bonds is 7. The van der Waals surface area contributed by atoms with E-state index in [4.69, 9.17) is 15.2 Å². The summed E-state index contributed by atoms with van der Waals surface area (Å²) >= 11 is 4.18. The number of H-pyrrole nitrogens is 1. The third-order valence-corrected chi connectivity index (χ3v) is 4.52. The highest BCUT2D eigenvalue weighted by Gasteiger charge is 2.14. The van der Waals surface area contributed by atoms with Gasteiger partial charge in [0.25, 0.3) is 0 Å². The third-order valence-electron chi connectivity index (χ3n) is 4.09. The number of ether oxygens (including phenoxy) is 2. The lowest BCUT2D eigenvalue weighted by molar-refractivity contribution is -0.117. The molecule has 0 aliphatic carbocycles. The maximum atomic E-state index is 11.1. The van der Waals surface area contributed by atoms with Gasteiger partial charge >= 0.3 is 0 Å². The fourth-order valence-corrected chi connectivity index (χ4v) is 2.83. The molecule has 3 aromatic rings. The number of hydrogen-bond donors (Lipinski definition) is 3. The van der Waals surface area contributed by atoms with Crippen molar-refractivity contribution in [1.82, 2.24) is 9.97 Å². The molecule has 1 aromatic heterocycles. The summed E-state index contributed by atoms with van der Waals surface area (Å²) in [5, 5.41) is -0.492. The highest BCUT2D eigenvalue weighted by atomic mass is 32.1. The van der Waals surface area contributed by atoms with Crippen LogP contribution in [-0.2, 0) is 11.2 Å². The van der Waals surface area contributed by atoms with E-state index in [1.165, 1.54) is 0 Å². The number of imidazole rings is 1. The summed E-state index contributed by atoms with van der Waals surface area (Å²) in [6, 6.07) is 13.2. The standard InChI is InChI=1S/C19H21N3O3S/c1-11(19-21-15-8-7-14(24-2)10-16(15)22-19)25-13-5-3-12(4-6-13)9-17(26)18(20)23/h3-8,10-11,17,26H,9H2,1-2H3,(H2,20,23)(H,21,22). The maximum Gasteiger partial charge on any atom is 0.230 e. The second-order valence-corrected chi connectivity index (χ2v) is 6.65. The Morgan fingerprint density at radius 2 is 1.92 bits per heavy atom. The second kappa shape index (κ2) is 7.70. The minimum atomic E-state index is -0.492. The lowest BCUT2D eigenvalue weighted by atomic mass is 10.1. The van der Waals surface area contributed by atoms with Crippen molar-refractivity contribution in [1.29, 1.82) is 0 Å². The zero-order chi connectivity index (χ0) is 18.7. The van der Waals surface area contributed by atoms with Crippen molar-refractivity contribution in [2.75, 3.05) is 7.11 Å². The first kappa shape index (κ1) is 18.1. The topological polar surface area (TPSA) is 90.2 Å². The number of amides is 1. The van der Waals surface area contributed by atoms with Crippen LogP contribution in [0.2, 0.25) is 0 Å². The highest BCUT2D eigenvalue weighted by Crippen LogP contribution is 2.25. The van der Waals surface area contributed by atoms with Gasteiger partial charge in [0.2, 0.25) is 5.91 Å². The van der Waals surface area contributed by atoms with E-state index in [-0.39, 0.29) is 6.10 Å². The Balaban J connectivity index is 1.69. The second-order valence-electron chi connectivity index (χ2n) is 6.03. The number of carbonyl (C=O) groups excluding carboxylic acids is 1. The van der Waals surface area contributed by atoms with Gasteiger partial charge in [-0.15, -0.1) is 0 Å². The van der Waals surface area contributed by atoms with Gasteiger partial charge in [-0.1, -0.05) is 12.1 Å². The van der Waals surface area contributed by atoms with Gasteiger partial charge in [-0.25, -0.2) is 4.98 Å². The Labute approximate surface area is 157 Å². The van der Waals surface area contributed by atoms with Crippen LogP contribution >= 0.6 is 12.6 Å². The van der Waals surface area contributed by atoms with Crippen LogP contribution in [0.4, 0.5) is 0 Å². The van der Waals surface area contributed by atoms with E-state index in [0.29, 0.717) is 12.2 Å². The number of aromatic amines is 1. The molecule has 0 aliphatic heterocycles. The number of nitrogens with two attached hydrogens (primary N) is 1. The lowest BCUT2D eigenvalue weighted by Gasteiger charge is -2.13. The molecule has 3 rings (SSSR count). The minimum Gasteiger partial charge on any atom is -0.497 e. The molecule has 0 spiro atoms. The van der Waals surface area contributed by atoms with Crippen LogP contribution in [0.15, 0.2) is 42.5 Å². The number of hydrogen-bond acceptors (Lipinski definition) is 5. The number of nitrogens with zero attached hydrogens (tertiary/aromatic N) is 1. The summed E-state index contributed by atoms with van der Waals surface area (Å²) < 4.78 is 11.2. The molecule has 6 nitrogen and oxygen atoms in total. The molecule has 0 saturated heterocycles. The molecule has 0 saturated carbocycles. The van der Waals surface area contributed by atoms with Gasteiger partial charge in [0.1, 0.15) is 17.3 Å². The molecule has 0 radical (unpaired) electrons. The highest BCUT2D eigenvalue weighted by molar-refractivity contribution is 7.81.